The maximum absolute atomic E-state index is 13.6. The fourth-order valence-corrected chi connectivity index (χ4v) is 1.88. The van der Waals surface area contributed by atoms with Crippen molar-refractivity contribution in [2.45, 2.75) is 6.61 Å². The van der Waals surface area contributed by atoms with Crippen molar-refractivity contribution in [3.05, 3.63) is 64.2 Å². The predicted molar refractivity (Wildman–Crippen MR) is 78.0 cm³/mol. The third-order valence-electron chi connectivity index (χ3n) is 2.63. The summed E-state index contributed by atoms with van der Waals surface area (Å²) in [5.74, 6) is -1.20. The van der Waals surface area contributed by atoms with E-state index in [1.54, 1.807) is 6.07 Å². The molecular formula is C14H10ClF2NOS. The lowest BCUT2D eigenvalue weighted by molar-refractivity contribution is 0.285. The molecule has 0 aliphatic heterocycles. The summed E-state index contributed by atoms with van der Waals surface area (Å²) < 4.78 is 32.5. The van der Waals surface area contributed by atoms with Gasteiger partial charge in [0, 0.05) is 11.1 Å². The second-order valence-electron chi connectivity index (χ2n) is 4.01. The molecule has 0 unspecified atom stereocenters. The molecule has 20 heavy (non-hydrogen) atoms. The van der Waals surface area contributed by atoms with E-state index >= 15 is 0 Å². The van der Waals surface area contributed by atoms with Crippen LogP contribution in [0.4, 0.5) is 8.78 Å². The van der Waals surface area contributed by atoms with Gasteiger partial charge in [0.25, 0.3) is 0 Å². The van der Waals surface area contributed by atoms with Crippen LogP contribution in [0.25, 0.3) is 0 Å². The van der Waals surface area contributed by atoms with Crippen molar-refractivity contribution >= 4 is 28.8 Å². The van der Waals surface area contributed by atoms with Crippen LogP contribution in [0, 0.1) is 11.6 Å². The molecule has 2 nitrogen and oxygen atoms in total. The van der Waals surface area contributed by atoms with Crippen molar-refractivity contribution < 1.29 is 13.5 Å². The molecule has 0 amide bonds. The number of benzene rings is 2. The van der Waals surface area contributed by atoms with Gasteiger partial charge >= 0.3 is 0 Å². The quantitative estimate of drug-likeness (QED) is 0.871. The fraction of sp³-hybridized carbons (Fsp3) is 0.0714. The predicted octanol–water partition coefficient (Wildman–Crippen LogP) is 3.83. The Balaban J connectivity index is 2.20. The molecule has 0 fully saturated rings. The third-order valence-corrected chi connectivity index (χ3v) is 3.16. The Bertz CT molecular complexity index is 664. The smallest absolute Gasteiger partial charge is 0.183 e. The van der Waals surface area contributed by atoms with Gasteiger partial charge < -0.3 is 10.5 Å². The van der Waals surface area contributed by atoms with E-state index < -0.39 is 11.6 Å². The zero-order valence-electron chi connectivity index (χ0n) is 10.2. The van der Waals surface area contributed by atoms with Gasteiger partial charge in [0.2, 0.25) is 0 Å². The van der Waals surface area contributed by atoms with Gasteiger partial charge in [0.15, 0.2) is 11.6 Å². The first kappa shape index (κ1) is 14.7. The molecule has 0 bridgehead atoms. The second kappa shape index (κ2) is 6.15. The van der Waals surface area contributed by atoms with Gasteiger partial charge in [-0.1, -0.05) is 29.9 Å². The molecule has 0 radical (unpaired) electrons. The second-order valence-corrected chi connectivity index (χ2v) is 4.86. The molecule has 2 aromatic rings. The highest BCUT2D eigenvalue weighted by Gasteiger charge is 2.10. The Morgan fingerprint density at radius 2 is 2.00 bits per heavy atom. The van der Waals surface area contributed by atoms with Crippen molar-refractivity contribution in [2.75, 3.05) is 0 Å². The molecule has 0 atom stereocenters. The minimum absolute atomic E-state index is 0.0439. The first-order valence-electron chi connectivity index (χ1n) is 5.64. The Labute approximate surface area is 125 Å². The van der Waals surface area contributed by atoms with E-state index in [0.29, 0.717) is 5.56 Å². The summed E-state index contributed by atoms with van der Waals surface area (Å²) in [7, 11) is 0. The molecular weight excluding hydrogens is 304 g/mol. The normalized spacial score (nSPS) is 10.3. The van der Waals surface area contributed by atoms with Crippen LogP contribution >= 0.6 is 23.8 Å². The van der Waals surface area contributed by atoms with Crippen LogP contribution in [0.5, 0.6) is 5.75 Å². The number of ether oxygens (including phenoxy) is 1. The third kappa shape index (κ3) is 3.23. The maximum Gasteiger partial charge on any atom is 0.183 e. The average Bonchev–Trinajstić information content (AvgIpc) is 2.41. The van der Waals surface area contributed by atoms with E-state index in [9.17, 15) is 8.78 Å². The Morgan fingerprint density at radius 3 is 2.70 bits per heavy atom. The van der Waals surface area contributed by atoms with E-state index in [-0.39, 0.29) is 27.9 Å². The Hall–Kier alpha value is -1.72. The monoisotopic (exact) mass is 313 g/mol. The number of hydrogen-bond donors (Lipinski definition) is 1. The van der Waals surface area contributed by atoms with Crippen LogP contribution in [0.1, 0.15) is 11.1 Å². The number of rotatable bonds is 4. The van der Waals surface area contributed by atoms with Crippen LogP contribution in [0.2, 0.25) is 5.02 Å². The van der Waals surface area contributed by atoms with Gasteiger partial charge in [-0.3, -0.25) is 0 Å². The number of thiocarbonyl (C=S) groups is 1. The fourth-order valence-electron chi connectivity index (χ4n) is 1.59. The van der Waals surface area contributed by atoms with Gasteiger partial charge in [-0.05, 0) is 30.3 Å². The summed E-state index contributed by atoms with van der Waals surface area (Å²) in [5.41, 5.74) is 6.23. The minimum Gasteiger partial charge on any atom is -0.486 e. The van der Waals surface area contributed by atoms with Crippen molar-refractivity contribution in [3.8, 4) is 5.75 Å². The molecule has 104 valence electrons. The van der Waals surface area contributed by atoms with Crippen molar-refractivity contribution in [1.29, 1.82) is 0 Å². The van der Waals surface area contributed by atoms with E-state index in [1.165, 1.54) is 30.3 Å². The number of hydrogen-bond acceptors (Lipinski definition) is 2. The van der Waals surface area contributed by atoms with Crippen LogP contribution < -0.4 is 10.5 Å². The van der Waals surface area contributed by atoms with Gasteiger partial charge in [-0.25, -0.2) is 8.78 Å². The molecule has 2 rings (SSSR count). The van der Waals surface area contributed by atoms with Crippen LogP contribution in [-0.4, -0.2) is 4.99 Å². The molecule has 0 aliphatic carbocycles. The lowest BCUT2D eigenvalue weighted by Crippen LogP contribution is -2.11. The molecule has 0 saturated heterocycles. The highest BCUT2D eigenvalue weighted by molar-refractivity contribution is 7.80. The summed E-state index contributed by atoms with van der Waals surface area (Å²) in [5, 5.41) is -0.0557. The first-order valence-corrected chi connectivity index (χ1v) is 6.42. The Morgan fingerprint density at radius 1 is 1.25 bits per heavy atom. The van der Waals surface area contributed by atoms with E-state index in [4.69, 9.17) is 34.3 Å². The average molecular weight is 314 g/mol. The summed E-state index contributed by atoms with van der Waals surface area (Å²) in [4.78, 5) is 0.153. The van der Waals surface area contributed by atoms with Crippen molar-refractivity contribution in [1.82, 2.24) is 0 Å². The topological polar surface area (TPSA) is 35.2 Å². The molecule has 0 aliphatic rings. The zero-order valence-corrected chi connectivity index (χ0v) is 11.8. The Kier molecular flexibility index (Phi) is 4.52. The van der Waals surface area contributed by atoms with Crippen molar-refractivity contribution in [3.63, 3.8) is 0 Å². The number of nitrogens with two attached hydrogens (primary N) is 1. The van der Waals surface area contributed by atoms with E-state index in [2.05, 4.69) is 0 Å². The summed E-state index contributed by atoms with van der Waals surface area (Å²) in [6.07, 6.45) is 0. The molecule has 6 heteroatoms. The van der Waals surface area contributed by atoms with E-state index in [1.807, 2.05) is 0 Å². The summed E-state index contributed by atoms with van der Waals surface area (Å²) >= 11 is 10.4. The van der Waals surface area contributed by atoms with Gasteiger partial charge in [0.1, 0.15) is 17.4 Å². The van der Waals surface area contributed by atoms with Crippen LogP contribution in [-0.2, 0) is 6.61 Å². The largest absolute Gasteiger partial charge is 0.486 e. The molecule has 2 aromatic carbocycles. The summed E-state index contributed by atoms with van der Waals surface area (Å²) in [6.45, 7) is -0.153. The highest BCUT2D eigenvalue weighted by atomic mass is 35.5. The molecule has 0 saturated carbocycles. The SMILES string of the molecule is NC(=S)c1ccc(F)c(COc2cccc(Cl)c2F)c1. The standard InChI is InChI=1S/C14H10ClF2NOS/c15-10-2-1-3-12(13(10)17)19-7-9-6-8(14(18)20)4-5-11(9)16/h1-6H,7H2,(H2,18,20). The first-order chi connectivity index (χ1) is 9.49. The van der Waals surface area contributed by atoms with Crippen LogP contribution in [0.3, 0.4) is 0 Å². The highest BCUT2D eigenvalue weighted by Crippen LogP contribution is 2.25. The van der Waals surface area contributed by atoms with Crippen LogP contribution in [0.15, 0.2) is 36.4 Å². The zero-order chi connectivity index (χ0) is 14.7. The summed E-state index contributed by atoms with van der Waals surface area (Å²) in [6, 6.07) is 8.54. The number of halogens is 3. The van der Waals surface area contributed by atoms with Gasteiger partial charge in [0.05, 0.1) is 5.02 Å². The lowest BCUT2D eigenvalue weighted by Gasteiger charge is -2.10. The van der Waals surface area contributed by atoms with Crippen molar-refractivity contribution in [2.24, 2.45) is 5.73 Å². The maximum atomic E-state index is 13.6. The van der Waals surface area contributed by atoms with Gasteiger partial charge in [-0.15, -0.1) is 0 Å². The lowest BCUT2D eigenvalue weighted by atomic mass is 10.1. The van der Waals surface area contributed by atoms with E-state index in [0.717, 1.165) is 0 Å². The molecule has 0 aromatic heterocycles. The molecule has 2 N–H and O–H groups in total. The molecule has 0 heterocycles. The molecule has 0 spiro atoms. The van der Waals surface area contributed by atoms with Gasteiger partial charge in [-0.2, -0.15) is 0 Å². The minimum atomic E-state index is -0.680.